The summed E-state index contributed by atoms with van der Waals surface area (Å²) in [4.78, 5) is 13.1. The highest BCUT2D eigenvalue weighted by Crippen LogP contribution is 2.36. The average molecular weight is 516 g/mol. The molecule has 0 saturated heterocycles. The lowest BCUT2D eigenvalue weighted by Gasteiger charge is -2.15. The van der Waals surface area contributed by atoms with Crippen LogP contribution in [-0.2, 0) is 11.4 Å². The number of para-hydroxylation sites is 1. The first-order chi connectivity index (χ1) is 16.5. The van der Waals surface area contributed by atoms with E-state index in [1.54, 1.807) is 12.1 Å². The molecule has 3 aromatic carbocycles. The third-order valence-electron chi connectivity index (χ3n) is 5.25. The number of ether oxygens (including phenoxy) is 2. The van der Waals surface area contributed by atoms with Crippen LogP contribution >= 0.6 is 15.9 Å². The summed E-state index contributed by atoms with van der Waals surface area (Å²) >= 11 is 3.60. The van der Waals surface area contributed by atoms with Gasteiger partial charge in [-0.25, -0.2) is 0 Å². The van der Waals surface area contributed by atoms with Crippen LogP contribution in [0.15, 0.2) is 81.9 Å². The minimum absolute atomic E-state index is 0.193. The number of rotatable bonds is 7. The van der Waals surface area contributed by atoms with E-state index in [9.17, 15) is 10.1 Å². The molecule has 0 unspecified atom stereocenters. The molecule has 1 aliphatic rings. The summed E-state index contributed by atoms with van der Waals surface area (Å²) in [5.41, 5.74) is 3.97. The lowest BCUT2D eigenvalue weighted by Crippen LogP contribution is -2.21. The van der Waals surface area contributed by atoms with Crippen LogP contribution in [0.5, 0.6) is 11.5 Å². The summed E-state index contributed by atoms with van der Waals surface area (Å²) in [6.45, 7) is 4.38. The van der Waals surface area contributed by atoms with Gasteiger partial charge in [0.2, 0.25) is 0 Å². The van der Waals surface area contributed by atoms with Crippen molar-refractivity contribution in [1.29, 1.82) is 5.26 Å². The van der Waals surface area contributed by atoms with Gasteiger partial charge in [-0.1, -0.05) is 52.3 Å². The minimum atomic E-state index is -0.193. The van der Waals surface area contributed by atoms with Gasteiger partial charge in [0.1, 0.15) is 6.61 Å². The number of hydrazone groups is 1. The molecule has 0 radical (unpaired) electrons. The minimum Gasteiger partial charge on any atom is -0.490 e. The van der Waals surface area contributed by atoms with Crippen LogP contribution in [0.2, 0.25) is 0 Å². The average Bonchev–Trinajstić information content (AvgIpc) is 3.14. The van der Waals surface area contributed by atoms with Crippen molar-refractivity contribution in [1.82, 2.24) is 0 Å². The maximum Gasteiger partial charge on any atom is 0.280 e. The molecule has 0 aromatic heterocycles. The van der Waals surface area contributed by atoms with Crippen LogP contribution in [0.3, 0.4) is 0 Å². The number of nitriles is 1. The molecule has 0 saturated carbocycles. The Hall–Kier alpha value is -3.89. The second-order valence-corrected chi connectivity index (χ2v) is 8.36. The summed E-state index contributed by atoms with van der Waals surface area (Å²) < 4.78 is 12.6. The van der Waals surface area contributed by atoms with E-state index in [2.05, 4.69) is 27.1 Å². The first kappa shape index (κ1) is 23.3. The van der Waals surface area contributed by atoms with Gasteiger partial charge in [0.25, 0.3) is 5.91 Å². The van der Waals surface area contributed by atoms with Crippen LogP contribution in [0.1, 0.15) is 30.5 Å². The second-order valence-electron chi connectivity index (χ2n) is 7.51. The molecule has 4 rings (SSSR count). The standard InChI is InChI=1S/C27H22BrN3O3/c1-3-33-25-14-21(13-23-18(2)30-31(27(23)32)22-11-5-4-6-12-22)24(28)15-26(25)34-17-20-10-8-7-9-19(20)16-29/h4-15H,3,17H2,1-2H3/b23-13+. The number of carbonyl (C=O) groups excluding carboxylic acids is 1. The fourth-order valence-electron chi connectivity index (χ4n) is 3.54. The molecule has 0 aliphatic carbocycles. The third kappa shape index (κ3) is 4.87. The van der Waals surface area contributed by atoms with E-state index in [-0.39, 0.29) is 12.5 Å². The molecule has 6 nitrogen and oxygen atoms in total. The Kier molecular flexibility index (Phi) is 7.09. The first-order valence-electron chi connectivity index (χ1n) is 10.8. The van der Waals surface area contributed by atoms with E-state index in [1.165, 1.54) is 5.01 Å². The summed E-state index contributed by atoms with van der Waals surface area (Å²) in [5.74, 6) is 0.895. The van der Waals surface area contributed by atoms with Crippen LogP contribution < -0.4 is 14.5 Å². The second kappa shape index (κ2) is 10.4. The van der Waals surface area contributed by atoms with Crippen molar-refractivity contribution in [3.63, 3.8) is 0 Å². The van der Waals surface area contributed by atoms with Crippen LogP contribution in [0, 0.1) is 11.3 Å². The van der Waals surface area contributed by atoms with Crippen molar-refractivity contribution >= 4 is 39.3 Å². The number of hydrogen-bond donors (Lipinski definition) is 0. The van der Waals surface area contributed by atoms with Gasteiger partial charge in [0, 0.05) is 10.0 Å². The fourth-order valence-corrected chi connectivity index (χ4v) is 3.97. The monoisotopic (exact) mass is 515 g/mol. The number of amides is 1. The Morgan fingerprint density at radius 2 is 1.76 bits per heavy atom. The van der Waals surface area contributed by atoms with Crippen molar-refractivity contribution in [3.05, 3.63) is 93.5 Å². The Morgan fingerprint density at radius 1 is 1.06 bits per heavy atom. The first-order valence-corrected chi connectivity index (χ1v) is 11.5. The molecule has 0 N–H and O–H groups in total. The van der Waals surface area contributed by atoms with Crippen molar-refractivity contribution in [2.75, 3.05) is 11.6 Å². The number of hydrogen-bond acceptors (Lipinski definition) is 5. The zero-order valence-electron chi connectivity index (χ0n) is 18.8. The lowest BCUT2D eigenvalue weighted by molar-refractivity contribution is -0.114. The Labute approximate surface area is 206 Å². The summed E-state index contributed by atoms with van der Waals surface area (Å²) in [6.07, 6.45) is 1.80. The Morgan fingerprint density at radius 3 is 2.50 bits per heavy atom. The quantitative estimate of drug-likeness (QED) is 0.356. The number of anilines is 1. The maximum atomic E-state index is 13.1. The van der Waals surface area contributed by atoms with Crippen LogP contribution in [0.25, 0.3) is 6.08 Å². The van der Waals surface area contributed by atoms with Gasteiger partial charge in [0.05, 0.1) is 35.2 Å². The molecule has 1 amide bonds. The summed E-state index contributed by atoms with van der Waals surface area (Å²) in [6, 6.07) is 22.5. The van der Waals surface area contributed by atoms with E-state index in [0.29, 0.717) is 40.6 Å². The van der Waals surface area contributed by atoms with Crippen LogP contribution in [0.4, 0.5) is 5.69 Å². The number of nitrogens with zero attached hydrogens (tertiary/aromatic N) is 3. The highest BCUT2D eigenvalue weighted by Gasteiger charge is 2.29. The molecule has 34 heavy (non-hydrogen) atoms. The van der Waals surface area contributed by atoms with Crippen molar-refractivity contribution < 1.29 is 14.3 Å². The number of carbonyl (C=O) groups is 1. The molecule has 0 fully saturated rings. The van der Waals surface area contributed by atoms with Gasteiger partial charge in [-0.05, 0) is 55.8 Å². The van der Waals surface area contributed by atoms with Gasteiger partial charge in [-0.3, -0.25) is 4.79 Å². The molecular formula is C27H22BrN3O3. The van der Waals surface area contributed by atoms with E-state index in [4.69, 9.17) is 9.47 Å². The highest BCUT2D eigenvalue weighted by molar-refractivity contribution is 9.10. The van der Waals surface area contributed by atoms with Crippen molar-refractivity contribution in [3.8, 4) is 17.6 Å². The highest BCUT2D eigenvalue weighted by atomic mass is 79.9. The predicted molar refractivity (Wildman–Crippen MR) is 136 cm³/mol. The molecule has 0 atom stereocenters. The molecule has 0 spiro atoms. The normalized spacial score (nSPS) is 14.2. The molecular weight excluding hydrogens is 494 g/mol. The Balaban J connectivity index is 1.63. The largest absolute Gasteiger partial charge is 0.490 e. The molecule has 7 heteroatoms. The molecule has 0 bridgehead atoms. The number of benzene rings is 3. The zero-order valence-corrected chi connectivity index (χ0v) is 20.4. The van der Waals surface area contributed by atoms with Gasteiger partial charge < -0.3 is 9.47 Å². The Bertz CT molecular complexity index is 1330. The van der Waals surface area contributed by atoms with Gasteiger partial charge in [-0.15, -0.1) is 0 Å². The SMILES string of the molecule is CCOc1cc(/C=C2/C(=O)N(c3ccccc3)N=C2C)c(Br)cc1OCc1ccccc1C#N. The molecule has 1 aliphatic heterocycles. The third-order valence-corrected chi connectivity index (χ3v) is 5.93. The van der Waals surface area contributed by atoms with E-state index in [1.807, 2.05) is 74.5 Å². The predicted octanol–water partition coefficient (Wildman–Crippen LogP) is 6.10. The molecule has 1 heterocycles. The van der Waals surface area contributed by atoms with Gasteiger partial charge in [0.15, 0.2) is 11.5 Å². The smallest absolute Gasteiger partial charge is 0.280 e. The van der Waals surface area contributed by atoms with Crippen molar-refractivity contribution in [2.24, 2.45) is 5.10 Å². The van der Waals surface area contributed by atoms with Crippen LogP contribution in [-0.4, -0.2) is 18.2 Å². The van der Waals surface area contributed by atoms with Gasteiger partial charge in [-0.2, -0.15) is 15.4 Å². The lowest BCUT2D eigenvalue weighted by atomic mass is 10.1. The van der Waals surface area contributed by atoms with Gasteiger partial charge >= 0.3 is 0 Å². The molecule has 3 aromatic rings. The van der Waals surface area contributed by atoms with E-state index < -0.39 is 0 Å². The summed E-state index contributed by atoms with van der Waals surface area (Å²) in [5, 5.41) is 15.2. The number of halogens is 1. The fraction of sp³-hybridized carbons (Fsp3) is 0.148. The maximum absolute atomic E-state index is 13.1. The van der Waals surface area contributed by atoms with E-state index in [0.717, 1.165) is 15.6 Å². The zero-order chi connectivity index (χ0) is 24.1. The molecule has 170 valence electrons. The van der Waals surface area contributed by atoms with Crippen molar-refractivity contribution in [2.45, 2.75) is 20.5 Å². The topological polar surface area (TPSA) is 74.9 Å². The van der Waals surface area contributed by atoms with E-state index >= 15 is 0 Å². The summed E-state index contributed by atoms with van der Waals surface area (Å²) in [7, 11) is 0.